The lowest BCUT2D eigenvalue weighted by Crippen LogP contribution is -2.07. The monoisotopic (exact) mass is 116 g/mol. The van der Waals surface area contributed by atoms with Gasteiger partial charge in [0.1, 0.15) is 0 Å². The number of methoxy groups -OCH3 is 1. The molecule has 0 bridgehead atoms. The van der Waals surface area contributed by atoms with Crippen LogP contribution in [0.25, 0.3) is 0 Å². The Morgan fingerprint density at radius 1 is 1.75 bits per heavy atom. The van der Waals surface area contributed by atoms with Gasteiger partial charge in [-0.2, -0.15) is 0 Å². The van der Waals surface area contributed by atoms with Gasteiger partial charge in [-0.15, -0.1) is 0 Å². The van der Waals surface area contributed by atoms with Crippen LogP contribution in [0.1, 0.15) is 13.3 Å². The average molecular weight is 116 g/mol. The van der Waals surface area contributed by atoms with Gasteiger partial charge in [0.05, 0.1) is 12.2 Å². The molecule has 48 valence electrons. The lowest BCUT2D eigenvalue weighted by atomic mass is 10.1. The first-order chi connectivity index (χ1) is 3.77. The van der Waals surface area contributed by atoms with Gasteiger partial charge in [-0.3, -0.25) is 0 Å². The van der Waals surface area contributed by atoms with E-state index in [1.54, 1.807) is 7.11 Å². The minimum Gasteiger partial charge on any atom is -0.385 e. The maximum atomic E-state index is 5.12. The van der Waals surface area contributed by atoms with E-state index in [-0.39, 0.29) is 5.60 Å². The molecule has 1 aliphatic rings. The largest absolute Gasteiger partial charge is 0.385 e. The molecule has 0 N–H and O–H groups in total. The highest BCUT2D eigenvalue weighted by Crippen LogP contribution is 2.29. The summed E-state index contributed by atoms with van der Waals surface area (Å²) in [5.41, 5.74) is 0.177. The number of hydrogen-bond donors (Lipinski definition) is 0. The van der Waals surface area contributed by atoms with Crippen molar-refractivity contribution in [1.29, 1.82) is 0 Å². The van der Waals surface area contributed by atoms with E-state index < -0.39 is 0 Å². The molecule has 0 aliphatic carbocycles. The predicted octanol–water partition coefficient (Wildman–Crippen LogP) is 0.812. The molecule has 2 heteroatoms. The highest BCUT2D eigenvalue weighted by Gasteiger charge is 2.38. The van der Waals surface area contributed by atoms with Crippen molar-refractivity contribution in [2.24, 2.45) is 0 Å². The summed E-state index contributed by atoms with van der Waals surface area (Å²) in [6, 6.07) is 0. The first kappa shape index (κ1) is 6.05. The van der Waals surface area contributed by atoms with E-state index in [0.717, 1.165) is 19.6 Å². The van der Waals surface area contributed by atoms with Crippen LogP contribution in [0.3, 0.4) is 0 Å². The normalized spacial score (nSPS) is 35.2. The molecule has 0 aromatic rings. The van der Waals surface area contributed by atoms with E-state index in [4.69, 9.17) is 9.47 Å². The third-order valence-electron chi connectivity index (χ3n) is 1.47. The van der Waals surface area contributed by atoms with Crippen molar-refractivity contribution in [1.82, 2.24) is 0 Å². The fourth-order valence-corrected chi connectivity index (χ4v) is 0.585. The van der Waals surface area contributed by atoms with E-state index in [2.05, 4.69) is 6.92 Å². The van der Waals surface area contributed by atoms with Crippen LogP contribution in [-0.2, 0) is 9.47 Å². The van der Waals surface area contributed by atoms with E-state index in [0.29, 0.717) is 0 Å². The van der Waals surface area contributed by atoms with Crippen LogP contribution in [0.15, 0.2) is 0 Å². The molecule has 1 fully saturated rings. The number of epoxide rings is 1. The zero-order valence-electron chi connectivity index (χ0n) is 5.44. The van der Waals surface area contributed by atoms with Crippen LogP contribution in [0.4, 0.5) is 0 Å². The SMILES string of the molecule is COCCC1(C)CO1. The van der Waals surface area contributed by atoms with Crippen LogP contribution < -0.4 is 0 Å². The standard InChI is InChI=1S/C6H12O2/c1-6(5-8-6)3-4-7-2/h3-5H2,1-2H3. The van der Waals surface area contributed by atoms with E-state index in [1.807, 2.05) is 0 Å². The molecule has 1 unspecified atom stereocenters. The molecule has 1 heterocycles. The van der Waals surface area contributed by atoms with Gasteiger partial charge in [0.15, 0.2) is 0 Å². The molecular weight excluding hydrogens is 104 g/mol. The molecule has 8 heavy (non-hydrogen) atoms. The fourth-order valence-electron chi connectivity index (χ4n) is 0.585. The smallest absolute Gasteiger partial charge is 0.0910 e. The van der Waals surface area contributed by atoms with Crippen LogP contribution in [0.2, 0.25) is 0 Å². The second-order valence-electron chi connectivity index (χ2n) is 2.48. The van der Waals surface area contributed by atoms with Crippen LogP contribution in [0.5, 0.6) is 0 Å². The summed E-state index contributed by atoms with van der Waals surface area (Å²) >= 11 is 0. The zero-order valence-corrected chi connectivity index (χ0v) is 5.44. The Balaban J connectivity index is 2.01. The van der Waals surface area contributed by atoms with Crippen LogP contribution in [0, 0.1) is 0 Å². The Bertz CT molecular complexity index is 76.6. The van der Waals surface area contributed by atoms with Crippen molar-refractivity contribution >= 4 is 0 Å². The summed E-state index contributed by atoms with van der Waals surface area (Å²) in [7, 11) is 1.71. The molecule has 1 aliphatic heterocycles. The van der Waals surface area contributed by atoms with Gasteiger partial charge in [0.25, 0.3) is 0 Å². The van der Waals surface area contributed by atoms with Crippen LogP contribution >= 0.6 is 0 Å². The van der Waals surface area contributed by atoms with Crippen molar-refractivity contribution in [3.63, 3.8) is 0 Å². The predicted molar refractivity (Wildman–Crippen MR) is 30.8 cm³/mol. The van der Waals surface area contributed by atoms with Crippen molar-refractivity contribution in [3.05, 3.63) is 0 Å². The Hall–Kier alpha value is -0.0800. The molecule has 1 saturated heterocycles. The quantitative estimate of drug-likeness (QED) is 0.509. The van der Waals surface area contributed by atoms with Crippen LogP contribution in [-0.4, -0.2) is 25.9 Å². The van der Waals surface area contributed by atoms with Gasteiger partial charge in [0.2, 0.25) is 0 Å². The summed E-state index contributed by atoms with van der Waals surface area (Å²) in [6.07, 6.45) is 1.03. The van der Waals surface area contributed by atoms with Crippen molar-refractivity contribution in [2.75, 3.05) is 20.3 Å². The maximum absolute atomic E-state index is 5.12. The summed E-state index contributed by atoms with van der Waals surface area (Å²) < 4.78 is 10.00. The molecule has 0 aromatic carbocycles. The van der Waals surface area contributed by atoms with Gasteiger partial charge < -0.3 is 9.47 Å². The van der Waals surface area contributed by atoms with E-state index in [1.165, 1.54) is 0 Å². The molecule has 2 nitrogen and oxygen atoms in total. The third-order valence-corrected chi connectivity index (χ3v) is 1.47. The van der Waals surface area contributed by atoms with Gasteiger partial charge in [-0.05, 0) is 6.92 Å². The van der Waals surface area contributed by atoms with E-state index >= 15 is 0 Å². The highest BCUT2D eigenvalue weighted by atomic mass is 16.6. The lowest BCUT2D eigenvalue weighted by Gasteiger charge is -2.00. The van der Waals surface area contributed by atoms with Crippen molar-refractivity contribution < 1.29 is 9.47 Å². The molecule has 0 radical (unpaired) electrons. The molecule has 0 spiro atoms. The van der Waals surface area contributed by atoms with Crippen molar-refractivity contribution in [3.8, 4) is 0 Å². The second kappa shape index (κ2) is 2.03. The minimum atomic E-state index is 0.177. The topological polar surface area (TPSA) is 21.8 Å². The van der Waals surface area contributed by atoms with Gasteiger partial charge >= 0.3 is 0 Å². The lowest BCUT2D eigenvalue weighted by molar-refractivity contribution is 0.164. The first-order valence-corrected chi connectivity index (χ1v) is 2.90. The summed E-state index contributed by atoms with van der Waals surface area (Å²) in [5, 5.41) is 0. The Morgan fingerprint density at radius 2 is 2.38 bits per heavy atom. The first-order valence-electron chi connectivity index (χ1n) is 2.90. The molecule has 1 rings (SSSR count). The Kier molecular flexibility index (Phi) is 1.54. The van der Waals surface area contributed by atoms with Crippen molar-refractivity contribution in [2.45, 2.75) is 18.9 Å². The molecule has 0 aromatic heterocycles. The molecule has 1 atom stereocenters. The zero-order chi connectivity index (χ0) is 6.04. The molecular formula is C6H12O2. The van der Waals surface area contributed by atoms with E-state index in [9.17, 15) is 0 Å². The summed E-state index contributed by atoms with van der Waals surface area (Å²) in [6.45, 7) is 3.83. The average Bonchev–Trinajstić information content (AvgIpc) is 2.45. The number of ether oxygens (including phenoxy) is 2. The fraction of sp³-hybridized carbons (Fsp3) is 1.00. The number of hydrogen-bond acceptors (Lipinski definition) is 2. The maximum Gasteiger partial charge on any atom is 0.0910 e. The Labute approximate surface area is 49.8 Å². The Morgan fingerprint density at radius 3 is 2.75 bits per heavy atom. The third kappa shape index (κ3) is 1.46. The molecule has 0 amide bonds. The molecule has 0 saturated carbocycles. The van der Waals surface area contributed by atoms with Gasteiger partial charge in [0, 0.05) is 20.1 Å². The summed E-state index contributed by atoms with van der Waals surface area (Å²) in [4.78, 5) is 0. The highest BCUT2D eigenvalue weighted by molar-refractivity contribution is 4.86. The minimum absolute atomic E-state index is 0.177. The number of rotatable bonds is 3. The van der Waals surface area contributed by atoms with Gasteiger partial charge in [-0.25, -0.2) is 0 Å². The second-order valence-corrected chi connectivity index (χ2v) is 2.48. The van der Waals surface area contributed by atoms with Gasteiger partial charge in [-0.1, -0.05) is 0 Å². The summed E-state index contributed by atoms with van der Waals surface area (Å²) in [5.74, 6) is 0.